The SMILES string of the molecule is CCCCC/C=C/c1ccnc2[nH]c3ccc(C(=O)CCC(=O)N4CCN(C)CC4)cc3c12. The molecule has 6 nitrogen and oxygen atoms in total. The van der Waals surface area contributed by atoms with Crippen LogP contribution in [0.25, 0.3) is 28.0 Å². The van der Waals surface area contributed by atoms with Crippen molar-refractivity contribution in [3.8, 4) is 0 Å². The molecule has 6 heteroatoms. The van der Waals surface area contributed by atoms with E-state index < -0.39 is 0 Å². The molecule has 0 radical (unpaired) electrons. The van der Waals surface area contributed by atoms with E-state index in [1.807, 2.05) is 35.4 Å². The Morgan fingerprint density at radius 1 is 1.09 bits per heavy atom. The molecule has 0 unspecified atom stereocenters. The number of nitrogens with zero attached hydrogens (tertiary/aromatic N) is 3. The van der Waals surface area contributed by atoms with E-state index in [0.717, 1.165) is 60.1 Å². The number of allylic oxidation sites excluding steroid dienone is 1. The van der Waals surface area contributed by atoms with Gasteiger partial charge in [-0.15, -0.1) is 0 Å². The molecule has 174 valence electrons. The van der Waals surface area contributed by atoms with Crippen LogP contribution in [0.4, 0.5) is 0 Å². The van der Waals surface area contributed by atoms with Crippen LogP contribution in [0.3, 0.4) is 0 Å². The maximum Gasteiger partial charge on any atom is 0.223 e. The lowest BCUT2D eigenvalue weighted by Crippen LogP contribution is -2.47. The van der Waals surface area contributed by atoms with Gasteiger partial charge in [0.2, 0.25) is 5.91 Å². The fourth-order valence-corrected chi connectivity index (χ4v) is 4.46. The van der Waals surface area contributed by atoms with Crippen LogP contribution in [0.15, 0.2) is 36.5 Å². The topological polar surface area (TPSA) is 69.3 Å². The number of ketones is 1. The third kappa shape index (κ3) is 5.50. The second-order valence-corrected chi connectivity index (χ2v) is 9.01. The Bertz CT molecular complexity index is 1160. The number of piperazine rings is 1. The summed E-state index contributed by atoms with van der Waals surface area (Å²) < 4.78 is 0. The Hall–Kier alpha value is -2.99. The maximum atomic E-state index is 12.9. The molecule has 33 heavy (non-hydrogen) atoms. The minimum absolute atomic E-state index is 0.00859. The van der Waals surface area contributed by atoms with Crippen molar-refractivity contribution < 1.29 is 9.59 Å². The minimum atomic E-state index is 0.00859. The summed E-state index contributed by atoms with van der Waals surface area (Å²) in [5.74, 6) is 0.0820. The number of nitrogens with one attached hydrogen (secondary N) is 1. The number of carbonyl (C=O) groups excluding carboxylic acids is 2. The van der Waals surface area contributed by atoms with Crippen molar-refractivity contribution >= 4 is 39.7 Å². The first-order valence-electron chi connectivity index (χ1n) is 12.1. The van der Waals surface area contributed by atoms with Crippen molar-refractivity contribution in [2.75, 3.05) is 33.2 Å². The third-order valence-corrected chi connectivity index (χ3v) is 6.54. The van der Waals surface area contributed by atoms with Gasteiger partial charge in [0.1, 0.15) is 5.65 Å². The van der Waals surface area contributed by atoms with E-state index in [9.17, 15) is 9.59 Å². The van der Waals surface area contributed by atoms with Crippen LogP contribution < -0.4 is 0 Å². The highest BCUT2D eigenvalue weighted by Gasteiger charge is 2.20. The van der Waals surface area contributed by atoms with E-state index in [1.165, 1.54) is 19.3 Å². The summed E-state index contributed by atoms with van der Waals surface area (Å²) in [6.07, 6.45) is 11.4. The molecule has 3 aromatic rings. The number of hydrogen-bond donors (Lipinski definition) is 1. The molecule has 2 aromatic heterocycles. The van der Waals surface area contributed by atoms with Gasteiger partial charge in [-0.05, 0) is 49.7 Å². The number of fused-ring (bicyclic) bond motifs is 3. The van der Waals surface area contributed by atoms with Crippen LogP contribution in [0.5, 0.6) is 0 Å². The highest BCUT2D eigenvalue weighted by molar-refractivity contribution is 6.12. The largest absolute Gasteiger partial charge is 0.340 e. The average Bonchev–Trinajstić information content (AvgIpc) is 3.21. The Kier molecular flexibility index (Phi) is 7.55. The molecule has 1 saturated heterocycles. The van der Waals surface area contributed by atoms with Gasteiger partial charge in [-0.3, -0.25) is 9.59 Å². The Balaban J connectivity index is 1.50. The number of carbonyl (C=O) groups is 2. The molecule has 0 aliphatic carbocycles. The Morgan fingerprint density at radius 3 is 2.70 bits per heavy atom. The van der Waals surface area contributed by atoms with Crippen molar-refractivity contribution in [2.24, 2.45) is 0 Å². The van der Waals surface area contributed by atoms with Gasteiger partial charge in [-0.25, -0.2) is 4.98 Å². The van der Waals surface area contributed by atoms with Crippen LogP contribution in [0, 0.1) is 0 Å². The van der Waals surface area contributed by atoms with E-state index in [0.29, 0.717) is 5.56 Å². The van der Waals surface area contributed by atoms with Crippen molar-refractivity contribution in [1.29, 1.82) is 0 Å². The summed E-state index contributed by atoms with van der Waals surface area (Å²) in [6, 6.07) is 7.77. The molecule has 3 heterocycles. The summed E-state index contributed by atoms with van der Waals surface area (Å²) in [7, 11) is 2.06. The number of benzene rings is 1. The van der Waals surface area contributed by atoms with Gasteiger partial charge >= 0.3 is 0 Å². The van der Waals surface area contributed by atoms with Gasteiger partial charge in [-0.2, -0.15) is 0 Å². The number of Topliss-reactive ketones (excluding diaryl/α,β-unsaturated/α-hetero) is 1. The van der Waals surface area contributed by atoms with Crippen LogP contribution >= 0.6 is 0 Å². The second kappa shape index (κ2) is 10.8. The number of hydrogen-bond acceptors (Lipinski definition) is 4. The van der Waals surface area contributed by atoms with Crippen molar-refractivity contribution in [2.45, 2.75) is 45.4 Å². The quantitative estimate of drug-likeness (QED) is 0.369. The molecule has 4 rings (SSSR count). The monoisotopic (exact) mass is 446 g/mol. The van der Waals surface area contributed by atoms with Gasteiger partial charge in [0.25, 0.3) is 0 Å². The zero-order valence-electron chi connectivity index (χ0n) is 19.8. The molecular weight excluding hydrogens is 412 g/mol. The molecule has 1 N–H and O–H groups in total. The first-order chi connectivity index (χ1) is 16.1. The van der Waals surface area contributed by atoms with Crippen molar-refractivity contribution in [1.82, 2.24) is 19.8 Å². The maximum absolute atomic E-state index is 12.9. The van der Waals surface area contributed by atoms with E-state index in [2.05, 4.69) is 41.0 Å². The molecule has 0 atom stereocenters. The van der Waals surface area contributed by atoms with Crippen LogP contribution in [-0.2, 0) is 4.79 Å². The first kappa shape index (κ1) is 23.2. The van der Waals surface area contributed by atoms with Crippen LogP contribution in [0.1, 0.15) is 61.4 Å². The Morgan fingerprint density at radius 2 is 1.91 bits per heavy atom. The lowest BCUT2D eigenvalue weighted by Gasteiger charge is -2.32. The number of rotatable bonds is 9. The van der Waals surface area contributed by atoms with Gasteiger partial charge in [0.05, 0.1) is 0 Å². The van der Waals surface area contributed by atoms with Gasteiger partial charge in [0.15, 0.2) is 5.78 Å². The third-order valence-electron chi connectivity index (χ3n) is 6.54. The predicted molar refractivity (Wildman–Crippen MR) is 134 cm³/mol. The summed E-state index contributed by atoms with van der Waals surface area (Å²) >= 11 is 0. The summed E-state index contributed by atoms with van der Waals surface area (Å²) in [5, 5.41) is 2.05. The number of H-pyrrole nitrogens is 1. The molecule has 0 saturated carbocycles. The van der Waals surface area contributed by atoms with Gasteiger partial charge < -0.3 is 14.8 Å². The number of pyridine rings is 1. The first-order valence-corrected chi connectivity index (χ1v) is 12.1. The highest BCUT2D eigenvalue weighted by atomic mass is 16.2. The van der Waals surface area contributed by atoms with E-state index in [1.54, 1.807) is 0 Å². The van der Waals surface area contributed by atoms with Gasteiger partial charge in [0, 0.05) is 67.1 Å². The summed E-state index contributed by atoms with van der Waals surface area (Å²) in [6.45, 7) is 5.48. The van der Waals surface area contributed by atoms with E-state index >= 15 is 0 Å². The fraction of sp³-hybridized carbons (Fsp3) is 0.444. The van der Waals surface area contributed by atoms with E-state index in [4.69, 9.17) is 0 Å². The smallest absolute Gasteiger partial charge is 0.223 e. The highest BCUT2D eigenvalue weighted by Crippen LogP contribution is 2.29. The lowest BCUT2D eigenvalue weighted by molar-refractivity contribution is -0.132. The Labute approximate surface area is 195 Å². The summed E-state index contributed by atoms with van der Waals surface area (Å²) in [5.41, 5.74) is 3.55. The molecule has 0 spiro atoms. The van der Waals surface area contributed by atoms with Crippen LogP contribution in [-0.4, -0.2) is 64.7 Å². The molecule has 1 amide bonds. The zero-order chi connectivity index (χ0) is 23.2. The van der Waals surface area contributed by atoms with Gasteiger partial charge in [-0.1, -0.05) is 31.9 Å². The second-order valence-electron chi connectivity index (χ2n) is 9.01. The van der Waals surface area contributed by atoms with Crippen molar-refractivity contribution in [3.63, 3.8) is 0 Å². The van der Waals surface area contributed by atoms with Crippen LogP contribution in [0.2, 0.25) is 0 Å². The fourth-order valence-electron chi connectivity index (χ4n) is 4.46. The van der Waals surface area contributed by atoms with E-state index in [-0.39, 0.29) is 24.5 Å². The molecule has 1 fully saturated rings. The number of aromatic nitrogens is 2. The molecule has 1 aliphatic rings. The lowest BCUT2D eigenvalue weighted by atomic mass is 10.0. The molecule has 1 aromatic carbocycles. The zero-order valence-corrected chi connectivity index (χ0v) is 19.8. The molecule has 0 bridgehead atoms. The molecule has 1 aliphatic heterocycles. The number of amides is 1. The average molecular weight is 447 g/mol. The normalized spacial score (nSPS) is 15.2. The number of aromatic amines is 1. The predicted octanol–water partition coefficient (Wildman–Crippen LogP) is 5.05. The summed E-state index contributed by atoms with van der Waals surface area (Å²) in [4.78, 5) is 37.4. The standard InChI is InChI=1S/C27H34N4O2/c1-3-4-5-6-7-8-20-13-14-28-27-26(20)22-19-21(9-10-23(22)29-27)24(32)11-12-25(33)31-17-15-30(2)16-18-31/h7-10,13-14,19H,3-6,11-12,15-18H2,1-2H3,(H,28,29)/b8-7+. The number of likely N-dealkylation sites (N-methyl/N-ethyl adjacent to an activating group) is 1. The molecular formula is C27H34N4O2. The number of unbranched alkanes of at least 4 members (excludes halogenated alkanes) is 3. The minimum Gasteiger partial charge on any atom is -0.340 e. The van der Waals surface area contributed by atoms with Crippen molar-refractivity contribution in [3.05, 3.63) is 47.7 Å².